The van der Waals surface area contributed by atoms with E-state index >= 15 is 0 Å². The van der Waals surface area contributed by atoms with Crippen molar-refractivity contribution < 1.29 is 4.79 Å². The summed E-state index contributed by atoms with van der Waals surface area (Å²) in [5.74, 6) is -0.0235. The maximum atomic E-state index is 12.4. The molecule has 4 nitrogen and oxygen atoms in total. The Hall–Kier alpha value is -2.92. The molecule has 0 spiro atoms. The maximum absolute atomic E-state index is 12.4. The van der Waals surface area contributed by atoms with Gasteiger partial charge in [-0.25, -0.2) is 4.98 Å². The first-order valence-electron chi connectivity index (χ1n) is 8.48. The second kappa shape index (κ2) is 6.77. The lowest BCUT2D eigenvalue weighted by Crippen LogP contribution is -2.15. The zero-order valence-electron chi connectivity index (χ0n) is 14.7. The number of aromatic nitrogens is 2. The SMILES string of the molecule is Cc1ccc(-c2cn3c(CC(=O)Nc4ccccc4C)csc3n2)cc1. The summed E-state index contributed by atoms with van der Waals surface area (Å²) in [6.45, 7) is 4.06. The van der Waals surface area contributed by atoms with Gasteiger partial charge in [0.15, 0.2) is 4.96 Å². The second-order valence-corrected chi connectivity index (χ2v) is 7.25. The smallest absolute Gasteiger partial charge is 0.230 e. The van der Waals surface area contributed by atoms with Gasteiger partial charge < -0.3 is 5.32 Å². The highest BCUT2D eigenvalue weighted by Crippen LogP contribution is 2.24. The summed E-state index contributed by atoms with van der Waals surface area (Å²) in [6, 6.07) is 16.1. The Morgan fingerprint density at radius 3 is 2.65 bits per heavy atom. The lowest BCUT2D eigenvalue weighted by molar-refractivity contribution is -0.115. The fourth-order valence-corrected chi connectivity index (χ4v) is 3.76. The first-order chi connectivity index (χ1) is 12.6. The van der Waals surface area contributed by atoms with Gasteiger partial charge in [0.05, 0.1) is 12.1 Å². The van der Waals surface area contributed by atoms with Crippen molar-refractivity contribution in [1.82, 2.24) is 9.38 Å². The van der Waals surface area contributed by atoms with Crippen molar-refractivity contribution in [1.29, 1.82) is 0 Å². The Bertz CT molecular complexity index is 1080. The second-order valence-electron chi connectivity index (χ2n) is 6.41. The highest BCUT2D eigenvalue weighted by atomic mass is 32.1. The van der Waals surface area contributed by atoms with Gasteiger partial charge in [0, 0.05) is 28.5 Å². The molecule has 4 aromatic rings. The average molecular weight is 361 g/mol. The van der Waals surface area contributed by atoms with Crippen molar-refractivity contribution in [3.05, 3.63) is 76.9 Å². The topological polar surface area (TPSA) is 46.4 Å². The maximum Gasteiger partial charge on any atom is 0.230 e. The fourth-order valence-electron chi connectivity index (χ4n) is 2.89. The van der Waals surface area contributed by atoms with Crippen LogP contribution < -0.4 is 5.32 Å². The van der Waals surface area contributed by atoms with Crippen molar-refractivity contribution in [2.75, 3.05) is 5.32 Å². The average Bonchev–Trinajstić information content (AvgIpc) is 3.20. The van der Waals surface area contributed by atoms with Crippen LogP contribution in [0.25, 0.3) is 16.2 Å². The molecule has 26 heavy (non-hydrogen) atoms. The van der Waals surface area contributed by atoms with Crippen LogP contribution in [0.15, 0.2) is 60.1 Å². The molecule has 0 bridgehead atoms. The van der Waals surface area contributed by atoms with Crippen molar-refractivity contribution >= 4 is 27.9 Å². The monoisotopic (exact) mass is 361 g/mol. The molecule has 0 atom stereocenters. The number of aryl methyl sites for hydroxylation is 2. The lowest BCUT2D eigenvalue weighted by Gasteiger charge is -2.07. The molecule has 0 unspecified atom stereocenters. The van der Waals surface area contributed by atoms with E-state index < -0.39 is 0 Å². The van der Waals surface area contributed by atoms with Crippen LogP contribution in [-0.2, 0) is 11.2 Å². The summed E-state index contributed by atoms with van der Waals surface area (Å²) in [5, 5.41) is 4.99. The third kappa shape index (κ3) is 3.26. The van der Waals surface area contributed by atoms with Crippen molar-refractivity contribution in [3.8, 4) is 11.3 Å². The minimum Gasteiger partial charge on any atom is -0.326 e. The summed E-state index contributed by atoms with van der Waals surface area (Å²) in [4.78, 5) is 18.0. The summed E-state index contributed by atoms with van der Waals surface area (Å²) in [6.07, 6.45) is 2.32. The number of imidazole rings is 1. The molecule has 4 rings (SSSR count). The molecular formula is C21H19N3OS. The van der Waals surface area contributed by atoms with Gasteiger partial charge in [-0.2, -0.15) is 0 Å². The Labute approximate surface area is 156 Å². The molecule has 0 aliphatic heterocycles. The zero-order chi connectivity index (χ0) is 18.1. The minimum absolute atomic E-state index is 0.0235. The van der Waals surface area contributed by atoms with E-state index in [2.05, 4.69) is 41.5 Å². The minimum atomic E-state index is -0.0235. The van der Waals surface area contributed by atoms with Crippen LogP contribution >= 0.6 is 11.3 Å². The number of benzene rings is 2. The quantitative estimate of drug-likeness (QED) is 0.564. The molecule has 0 aliphatic rings. The number of nitrogens with zero attached hydrogens (tertiary/aromatic N) is 2. The van der Waals surface area contributed by atoms with Gasteiger partial charge in [0.1, 0.15) is 0 Å². The van der Waals surface area contributed by atoms with E-state index in [-0.39, 0.29) is 5.91 Å². The predicted octanol–water partition coefficient (Wildman–Crippen LogP) is 4.86. The van der Waals surface area contributed by atoms with Crippen LogP contribution in [0.2, 0.25) is 0 Å². The van der Waals surface area contributed by atoms with E-state index in [0.717, 1.165) is 33.2 Å². The number of nitrogens with one attached hydrogen (secondary N) is 1. The predicted molar refractivity (Wildman–Crippen MR) is 107 cm³/mol. The van der Waals surface area contributed by atoms with Crippen LogP contribution in [0.1, 0.15) is 16.8 Å². The molecule has 130 valence electrons. The van der Waals surface area contributed by atoms with Gasteiger partial charge in [-0.3, -0.25) is 9.20 Å². The molecule has 0 aliphatic carbocycles. The normalized spacial score (nSPS) is 11.0. The fraction of sp³-hybridized carbons (Fsp3) is 0.143. The van der Waals surface area contributed by atoms with E-state index in [1.54, 1.807) is 11.3 Å². The summed E-state index contributed by atoms with van der Waals surface area (Å²) in [7, 11) is 0. The van der Waals surface area contributed by atoms with Crippen LogP contribution in [0.4, 0.5) is 5.69 Å². The van der Waals surface area contributed by atoms with Gasteiger partial charge in [-0.15, -0.1) is 11.3 Å². The first-order valence-corrected chi connectivity index (χ1v) is 9.36. The van der Waals surface area contributed by atoms with Gasteiger partial charge in [-0.05, 0) is 25.5 Å². The number of carbonyl (C=O) groups is 1. The highest BCUT2D eigenvalue weighted by Gasteiger charge is 2.13. The highest BCUT2D eigenvalue weighted by molar-refractivity contribution is 7.15. The first kappa shape index (κ1) is 16.5. The van der Waals surface area contributed by atoms with Crippen molar-refractivity contribution in [2.24, 2.45) is 0 Å². The standard InChI is InChI=1S/C21H19N3OS/c1-14-7-9-16(10-8-14)19-12-24-17(13-26-21(24)23-19)11-20(25)22-18-6-4-3-5-15(18)2/h3-10,12-13H,11H2,1-2H3,(H,22,25). The van der Waals surface area contributed by atoms with Crippen LogP contribution in [-0.4, -0.2) is 15.3 Å². The number of rotatable bonds is 4. The Balaban J connectivity index is 1.56. The molecule has 5 heteroatoms. The largest absolute Gasteiger partial charge is 0.326 e. The zero-order valence-corrected chi connectivity index (χ0v) is 15.5. The van der Waals surface area contributed by atoms with E-state index in [0.29, 0.717) is 6.42 Å². The lowest BCUT2D eigenvalue weighted by atomic mass is 10.1. The third-order valence-electron chi connectivity index (χ3n) is 4.39. The number of hydrogen-bond acceptors (Lipinski definition) is 3. The molecule has 1 N–H and O–H groups in total. The van der Waals surface area contributed by atoms with Gasteiger partial charge in [0.2, 0.25) is 5.91 Å². The van der Waals surface area contributed by atoms with Gasteiger partial charge in [0.25, 0.3) is 0 Å². The molecular weight excluding hydrogens is 342 g/mol. The number of anilines is 1. The molecule has 0 saturated carbocycles. The number of hydrogen-bond donors (Lipinski definition) is 1. The van der Waals surface area contributed by atoms with E-state index in [9.17, 15) is 4.79 Å². The Morgan fingerprint density at radius 1 is 1.12 bits per heavy atom. The number of thiazole rings is 1. The van der Waals surface area contributed by atoms with Crippen LogP contribution in [0.5, 0.6) is 0 Å². The Morgan fingerprint density at radius 2 is 1.88 bits per heavy atom. The summed E-state index contributed by atoms with van der Waals surface area (Å²) in [5.41, 5.74) is 6.10. The van der Waals surface area contributed by atoms with Crippen molar-refractivity contribution in [3.63, 3.8) is 0 Å². The molecule has 1 amide bonds. The van der Waals surface area contributed by atoms with Crippen LogP contribution in [0, 0.1) is 13.8 Å². The molecule has 0 saturated heterocycles. The molecule has 0 fully saturated rings. The third-order valence-corrected chi connectivity index (χ3v) is 5.28. The molecule has 0 radical (unpaired) electrons. The van der Waals surface area contributed by atoms with E-state index in [1.807, 2.05) is 47.2 Å². The molecule has 2 heterocycles. The number of para-hydroxylation sites is 1. The van der Waals surface area contributed by atoms with Crippen molar-refractivity contribution in [2.45, 2.75) is 20.3 Å². The number of amides is 1. The number of fused-ring (bicyclic) bond motifs is 1. The Kier molecular flexibility index (Phi) is 4.31. The molecule has 2 aromatic carbocycles. The van der Waals surface area contributed by atoms with Gasteiger partial charge in [-0.1, -0.05) is 48.0 Å². The number of carbonyl (C=O) groups excluding carboxylic acids is 1. The van der Waals surface area contributed by atoms with Gasteiger partial charge >= 0.3 is 0 Å². The van der Waals surface area contributed by atoms with Crippen LogP contribution in [0.3, 0.4) is 0 Å². The summed E-state index contributed by atoms with van der Waals surface area (Å²) < 4.78 is 2.01. The van der Waals surface area contributed by atoms with E-state index in [4.69, 9.17) is 0 Å². The molecule has 2 aromatic heterocycles. The summed E-state index contributed by atoms with van der Waals surface area (Å²) >= 11 is 1.56. The van der Waals surface area contributed by atoms with E-state index in [1.165, 1.54) is 5.56 Å².